The molecule has 2 saturated heterocycles. The lowest BCUT2D eigenvalue weighted by molar-refractivity contribution is -0.134. The van der Waals surface area contributed by atoms with Crippen LogP contribution in [0.15, 0.2) is 54.7 Å². The second-order valence-corrected chi connectivity index (χ2v) is 13.7. The molecule has 2 aromatic heterocycles. The second-order valence-electron chi connectivity index (χ2n) is 13.7. The Morgan fingerprint density at radius 3 is 2.49 bits per heavy atom. The van der Waals surface area contributed by atoms with Crippen molar-refractivity contribution in [3.8, 4) is 33.6 Å². The van der Waals surface area contributed by atoms with E-state index < -0.39 is 30.0 Å². The third kappa shape index (κ3) is 6.42. The largest absolute Gasteiger partial charge is 0.453 e. The van der Waals surface area contributed by atoms with Gasteiger partial charge in [0.05, 0.1) is 36.8 Å². The van der Waals surface area contributed by atoms with E-state index in [9.17, 15) is 14.4 Å². The van der Waals surface area contributed by atoms with Crippen molar-refractivity contribution in [2.75, 3.05) is 20.2 Å². The third-order valence-corrected chi connectivity index (χ3v) is 10.3. The highest BCUT2D eigenvalue weighted by molar-refractivity contribution is 5.86. The van der Waals surface area contributed by atoms with Crippen LogP contribution in [0.4, 0.5) is 9.18 Å². The number of nitrogens with one attached hydrogen (secondary N) is 3. The Morgan fingerprint density at radius 2 is 1.75 bits per heavy atom. The van der Waals surface area contributed by atoms with E-state index in [0.29, 0.717) is 36.6 Å². The Kier molecular flexibility index (Phi) is 9.23. The molecule has 2 fully saturated rings. The zero-order valence-electron chi connectivity index (χ0n) is 29.1. The van der Waals surface area contributed by atoms with E-state index in [-0.39, 0.29) is 17.9 Å². The molecule has 0 unspecified atom stereocenters. The molecule has 12 nitrogen and oxygen atoms in total. The van der Waals surface area contributed by atoms with Gasteiger partial charge >= 0.3 is 6.09 Å². The number of carbonyl (C=O) groups is 3. The smallest absolute Gasteiger partial charge is 0.407 e. The van der Waals surface area contributed by atoms with Crippen molar-refractivity contribution in [3.05, 3.63) is 83.5 Å². The summed E-state index contributed by atoms with van der Waals surface area (Å²) in [5, 5.41) is 2.57. The Labute approximate surface area is 295 Å². The van der Waals surface area contributed by atoms with E-state index in [4.69, 9.17) is 10.7 Å². The molecule has 51 heavy (non-hydrogen) atoms. The predicted molar refractivity (Wildman–Crippen MR) is 190 cm³/mol. The standard InChI is InChI=1S/C38H43FN8O4/c1-20-14-16-47(36(48)21(2)40)33(20)35-41-19-30(44-35)27-13-11-24(18-28(27)39)23-10-12-26-25(17-23)7-5-8-29-32(26)45-34(43-29)31-9-6-15-46(31)37(49)22(3)42-38(50)51-4/h10-13,17-19,21-22,31,33H,1,5-9,14-16,40H2,2-4H3,(H,41,44)(H,42,50)(H,43,45)/t21-,22-,31-,33-/m0/s1. The minimum atomic E-state index is -0.721. The molecule has 7 rings (SSSR count). The first-order valence-corrected chi connectivity index (χ1v) is 17.5. The maximum absolute atomic E-state index is 15.8. The molecule has 4 atom stereocenters. The van der Waals surface area contributed by atoms with E-state index in [1.807, 2.05) is 12.1 Å². The van der Waals surface area contributed by atoms with Gasteiger partial charge in [0.25, 0.3) is 0 Å². The topological polar surface area (TPSA) is 162 Å². The number of halogens is 1. The molecule has 5 N–H and O–H groups in total. The number of methoxy groups -OCH3 is 1. The Balaban J connectivity index is 1.11. The van der Waals surface area contributed by atoms with Crippen LogP contribution in [0.1, 0.15) is 74.5 Å². The fourth-order valence-electron chi connectivity index (χ4n) is 7.63. The van der Waals surface area contributed by atoms with Gasteiger partial charge in [-0.3, -0.25) is 9.59 Å². The number of carbonyl (C=O) groups excluding carboxylic acids is 3. The number of imidazole rings is 2. The van der Waals surface area contributed by atoms with E-state index >= 15 is 4.39 Å². The molecule has 0 saturated carbocycles. The van der Waals surface area contributed by atoms with E-state index in [1.54, 1.807) is 35.9 Å². The number of amides is 3. The average molecular weight is 695 g/mol. The van der Waals surface area contributed by atoms with Crippen molar-refractivity contribution < 1.29 is 23.5 Å². The Hall–Kier alpha value is -5.30. The first-order chi connectivity index (χ1) is 24.5. The van der Waals surface area contributed by atoms with Gasteiger partial charge in [0, 0.05) is 29.9 Å². The highest BCUT2D eigenvalue weighted by atomic mass is 19.1. The van der Waals surface area contributed by atoms with Crippen LogP contribution in [0.5, 0.6) is 0 Å². The maximum Gasteiger partial charge on any atom is 0.407 e. The normalized spacial score (nSPS) is 19.7. The summed E-state index contributed by atoms with van der Waals surface area (Å²) in [6, 6.07) is 9.34. The van der Waals surface area contributed by atoms with Crippen molar-refractivity contribution in [2.45, 2.75) is 76.5 Å². The van der Waals surface area contributed by atoms with Crippen LogP contribution in [-0.4, -0.2) is 79.9 Å². The minimum absolute atomic E-state index is 0.175. The number of nitrogens with zero attached hydrogens (tertiary/aromatic N) is 4. The lowest BCUT2D eigenvalue weighted by Gasteiger charge is -2.26. The summed E-state index contributed by atoms with van der Waals surface area (Å²) < 4.78 is 20.4. The van der Waals surface area contributed by atoms with E-state index in [0.717, 1.165) is 77.1 Å². The number of nitrogens with two attached hydrogens (primary N) is 1. The van der Waals surface area contributed by atoms with Crippen molar-refractivity contribution in [3.63, 3.8) is 0 Å². The van der Waals surface area contributed by atoms with E-state index in [2.05, 4.69) is 43.7 Å². The monoisotopic (exact) mass is 694 g/mol. The Morgan fingerprint density at radius 1 is 0.980 bits per heavy atom. The van der Waals surface area contributed by atoms with Crippen LogP contribution in [0.25, 0.3) is 33.6 Å². The van der Waals surface area contributed by atoms with Crippen LogP contribution >= 0.6 is 0 Å². The fraction of sp³-hybridized carbons (Fsp3) is 0.395. The Bertz CT molecular complexity index is 2020. The number of aromatic amines is 2. The van der Waals surface area contributed by atoms with Crippen LogP contribution in [0, 0.1) is 5.82 Å². The highest BCUT2D eigenvalue weighted by Crippen LogP contribution is 2.39. The molecule has 2 aliphatic heterocycles. The summed E-state index contributed by atoms with van der Waals surface area (Å²) in [7, 11) is 1.27. The summed E-state index contributed by atoms with van der Waals surface area (Å²) in [6.07, 6.45) is 5.79. The summed E-state index contributed by atoms with van der Waals surface area (Å²) >= 11 is 0. The minimum Gasteiger partial charge on any atom is -0.453 e. The van der Waals surface area contributed by atoms with Gasteiger partial charge in [0.15, 0.2) is 0 Å². The number of rotatable bonds is 7. The van der Waals surface area contributed by atoms with Crippen LogP contribution in [0.2, 0.25) is 0 Å². The van der Waals surface area contributed by atoms with Gasteiger partial charge in [-0.15, -0.1) is 0 Å². The van der Waals surface area contributed by atoms with Gasteiger partial charge in [0.1, 0.15) is 29.5 Å². The molecule has 2 aromatic carbocycles. The van der Waals surface area contributed by atoms with Gasteiger partial charge in [-0.05, 0) is 86.8 Å². The molecular weight excluding hydrogens is 651 g/mol. The molecule has 3 amide bonds. The maximum atomic E-state index is 15.8. The first kappa shape index (κ1) is 34.2. The molecular formula is C38H43FN8O4. The quantitative estimate of drug-likeness (QED) is 0.190. The molecule has 4 heterocycles. The number of hydrogen-bond acceptors (Lipinski definition) is 7. The molecule has 3 aliphatic rings. The summed E-state index contributed by atoms with van der Waals surface area (Å²) in [6.45, 7) is 8.56. The number of alkyl carbamates (subject to hydrolysis) is 1. The number of ether oxygens (including phenoxy) is 1. The van der Waals surface area contributed by atoms with Crippen molar-refractivity contribution in [1.82, 2.24) is 35.1 Å². The molecule has 0 radical (unpaired) electrons. The van der Waals surface area contributed by atoms with Gasteiger partial charge < -0.3 is 35.6 Å². The van der Waals surface area contributed by atoms with Crippen molar-refractivity contribution in [2.24, 2.45) is 5.73 Å². The number of benzene rings is 2. The molecule has 0 bridgehead atoms. The van der Waals surface area contributed by atoms with Crippen molar-refractivity contribution >= 4 is 17.9 Å². The number of likely N-dealkylation sites (tertiary alicyclic amines) is 2. The predicted octanol–water partition coefficient (Wildman–Crippen LogP) is 5.35. The van der Waals surface area contributed by atoms with Gasteiger partial charge in [-0.25, -0.2) is 19.2 Å². The van der Waals surface area contributed by atoms with Crippen LogP contribution in [0.3, 0.4) is 0 Å². The second kappa shape index (κ2) is 13.8. The number of aryl methyl sites for hydroxylation is 2. The van der Waals surface area contributed by atoms with Crippen LogP contribution in [-0.2, 0) is 27.2 Å². The molecule has 0 spiro atoms. The summed E-state index contributed by atoms with van der Waals surface area (Å²) in [5.41, 5.74) is 13.4. The van der Waals surface area contributed by atoms with Crippen LogP contribution < -0.4 is 11.1 Å². The number of aromatic nitrogens is 4. The number of hydrogen-bond donors (Lipinski definition) is 4. The first-order valence-electron chi connectivity index (χ1n) is 17.5. The summed E-state index contributed by atoms with van der Waals surface area (Å²) in [4.78, 5) is 57.5. The van der Waals surface area contributed by atoms with Crippen molar-refractivity contribution in [1.29, 1.82) is 0 Å². The number of fused-ring (bicyclic) bond motifs is 3. The third-order valence-electron chi connectivity index (χ3n) is 10.3. The summed E-state index contributed by atoms with van der Waals surface area (Å²) in [5.74, 6) is 0.542. The molecule has 1 aliphatic carbocycles. The van der Waals surface area contributed by atoms with Gasteiger partial charge in [-0.1, -0.05) is 30.8 Å². The zero-order valence-corrected chi connectivity index (χ0v) is 29.1. The van der Waals surface area contributed by atoms with Gasteiger partial charge in [-0.2, -0.15) is 0 Å². The van der Waals surface area contributed by atoms with E-state index in [1.165, 1.54) is 13.2 Å². The lowest BCUT2D eigenvalue weighted by Crippen LogP contribution is -2.46. The SMILES string of the molecule is C=C1CCN(C(=O)[C@H](C)N)[C@@H]1c1ncc(-c2ccc(-c3ccc4c(c3)CCCc3[nH]c([C@@H]5CCCN5C(=O)[C@H](C)NC(=O)OC)nc3-4)cc2F)[nH]1. The number of H-pyrrole nitrogens is 2. The average Bonchev–Trinajstić information content (AvgIpc) is 3.93. The van der Waals surface area contributed by atoms with Gasteiger partial charge in [0.2, 0.25) is 11.8 Å². The zero-order chi connectivity index (χ0) is 36.0. The lowest BCUT2D eigenvalue weighted by atomic mass is 9.95. The fourth-order valence-corrected chi connectivity index (χ4v) is 7.63. The molecule has 13 heteroatoms. The molecule has 4 aromatic rings. The molecule has 266 valence electrons. The highest BCUT2D eigenvalue weighted by Gasteiger charge is 2.37.